The second kappa shape index (κ2) is 4.89. The molecule has 2 rings (SSSR count). The first-order valence-electron chi connectivity index (χ1n) is 5.60. The number of aryl methyl sites for hydroxylation is 1. The maximum absolute atomic E-state index is 12.4. The van der Waals surface area contributed by atoms with Gasteiger partial charge >= 0.3 is 5.97 Å². The van der Waals surface area contributed by atoms with Crippen LogP contribution in [0.5, 0.6) is 0 Å². The number of hydrogen-bond acceptors (Lipinski definition) is 4. The standard InChI is InChI=1S/C14H12N2O3/c1-8-4-2-3-5-9(8)12(17)10-6-7-16-13(15)11(10)14(18)19/h2-7H,1H3,(H2,15,16)(H,18,19). The van der Waals surface area contributed by atoms with Gasteiger partial charge in [0.25, 0.3) is 0 Å². The van der Waals surface area contributed by atoms with Crippen LogP contribution in [0, 0.1) is 6.92 Å². The van der Waals surface area contributed by atoms with Crippen molar-refractivity contribution in [2.45, 2.75) is 6.92 Å². The van der Waals surface area contributed by atoms with E-state index in [9.17, 15) is 9.59 Å². The number of carboxylic acid groups (broad SMARTS) is 1. The third-order valence-corrected chi connectivity index (χ3v) is 2.83. The highest BCUT2D eigenvalue weighted by atomic mass is 16.4. The van der Waals surface area contributed by atoms with Crippen LogP contribution in [0.15, 0.2) is 36.5 Å². The number of aromatic nitrogens is 1. The highest BCUT2D eigenvalue weighted by molar-refractivity contribution is 6.16. The highest BCUT2D eigenvalue weighted by Crippen LogP contribution is 2.20. The van der Waals surface area contributed by atoms with Crippen molar-refractivity contribution in [1.29, 1.82) is 0 Å². The first-order valence-corrected chi connectivity index (χ1v) is 5.60. The first kappa shape index (κ1) is 12.8. The number of pyridine rings is 1. The second-order valence-electron chi connectivity index (χ2n) is 4.07. The largest absolute Gasteiger partial charge is 0.478 e. The van der Waals surface area contributed by atoms with E-state index in [1.54, 1.807) is 25.1 Å². The molecule has 0 aliphatic rings. The van der Waals surface area contributed by atoms with Gasteiger partial charge in [0.2, 0.25) is 0 Å². The van der Waals surface area contributed by atoms with Crippen LogP contribution in [0.2, 0.25) is 0 Å². The summed E-state index contributed by atoms with van der Waals surface area (Å²) in [5.41, 5.74) is 6.56. The molecule has 0 spiro atoms. The van der Waals surface area contributed by atoms with Crippen LogP contribution in [0.1, 0.15) is 31.8 Å². The molecule has 0 bridgehead atoms. The first-order chi connectivity index (χ1) is 9.02. The molecule has 19 heavy (non-hydrogen) atoms. The van der Waals surface area contributed by atoms with Gasteiger partial charge in [-0.15, -0.1) is 0 Å². The molecule has 0 atom stereocenters. The monoisotopic (exact) mass is 256 g/mol. The number of carboxylic acids is 1. The summed E-state index contributed by atoms with van der Waals surface area (Å²) in [6.07, 6.45) is 1.33. The molecule has 5 nitrogen and oxygen atoms in total. The number of nitrogens with two attached hydrogens (primary N) is 1. The van der Waals surface area contributed by atoms with Crippen molar-refractivity contribution in [2.75, 3.05) is 5.73 Å². The Morgan fingerprint density at radius 3 is 2.47 bits per heavy atom. The van der Waals surface area contributed by atoms with E-state index in [4.69, 9.17) is 10.8 Å². The van der Waals surface area contributed by atoms with Crippen LogP contribution in [0.25, 0.3) is 0 Å². The topological polar surface area (TPSA) is 93.3 Å². The van der Waals surface area contributed by atoms with E-state index < -0.39 is 5.97 Å². The zero-order valence-corrected chi connectivity index (χ0v) is 10.3. The lowest BCUT2D eigenvalue weighted by molar-refractivity contribution is 0.0693. The molecule has 96 valence electrons. The van der Waals surface area contributed by atoms with Crippen LogP contribution in [0.3, 0.4) is 0 Å². The molecule has 0 saturated carbocycles. The summed E-state index contributed by atoms with van der Waals surface area (Å²) >= 11 is 0. The molecule has 2 aromatic rings. The fourth-order valence-electron chi connectivity index (χ4n) is 1.86. The lowest BCUT2D eigenvalue weighted by Gasteiger charge is -2.08. The molecule has 0 unspecified atom stereocenters. The van der Waals surface area contributed by atoms with Crippen molar-refractivity contribution in [1.82, 2.24) is 4.98 Å². The van der Waals surface area contributed by atoms with E-state index >= 15 is 0 Å². The third kappa shape index (κ3) is 2.30. The second-order valence-corrected chi connectivity index (χ2v) is 4.07. The SMILES string of the molecule is Cc1ccccc1C(=O)c1ccnc(N)c1C(=O)O. The van der Waals surface area contributed by atoms with E-state index in [1.165, 1.54) is 12.3 Å². The van der Waals surface area contributed by atoms with Crippen molar-refractivity contribution in [3.8, 4) is 0 Å². The number of hydrogen-bond donors (Lipinski definition) is 2. The molecule has 1 aromatic heterocycles. The minimum absolute atomic E-state index is 0.0503. The van der Waals surface area contributed by atoms with Crippen LogP contribution < -0.4 is 5.73 Å². The number of aromatic carboxylic acids is 1. The van der Waals surface area contributed by atoms with Crippen molar-refractivity contribution in [2.24, 2.45) is 0 Å². The Bertz CT molecular complexity index is 665. The Morgan fingerprint density at radius 1 is 1.16 bits per heavy atom. The fourth-order valence-corrected chi connectivity index (χ4v) is 1.86. The summed E-state index contributed by atoms with van der Waals surface area (Å²) in [4.78, 5) is 27.3. The predicted octanol–water partition coefficient (Wildman–Crippen LogP) is 1.90. The minimum Gasteiger partial charge on any atom is -0.478 e. The maximum atomic E-state index is 12.4. The van der Waals surface area contributed by atoms with E-state index in [1.807, 2.05) is 6.07 Å². The Labute approximate surface area is 109 Å². The summed E-state index contributed by atoms with van der Waals surface area (Å²) in [6, 6.07) is 8.35. The number of nitrogens with zero attached hydrogens (tertiary/aromatic N) is 1. The Balaban J connectivity index is 2.60. The molecule has 0 aliphatic carbocycles. The van der Waals surface area contributed by atoms with Gasteiger partial charge in [0.15, 0.2) is 5.78 Å². The zero-order chi connectivity index (χ0) is 14.0. The fraction of sp³-hybridized carbons (Fsp3) is 0.0714. The summed E-state index contributed by atoms with van der Waals surface area (Å²) in [5.74, 6) is -1.79. The lowest BCUT2D eigenvalue weighted by atomic mass is 9.96. The average molecular weight is 256 g/mol. The van der Waals surface area contributed by atoms with E-state index in [0.29, 0.717) is 5.56 Å². The molecule has 3 N–H and O–H groups in total. The van der Waals surface area contributed by atoms with E-state index in [0.717, 1.165) is 5.56 Å². The minimum atomic E-state index is -1.26. The summed E-state index contributed by atoms with van der Waals surface area (Å²) in [6.45, 7) is 1.79. The van der Waals surface area contributed by atoms with Crippen LogP contribution in [0.4, 0.5) is 5.82 Å². The van der Waals surface area contributed by atoms with Crippen LogP contribution in [-0.4, -0.2) is 21.8 Å². The van der Waals surface area contributed by atoms with Gasteiger partial charge in [-0.3, -0.25) is 4.79 Å². The van der Waals surface area contributed by atoms with Gasteiger partial charge < -0.3 is 10.8 Å². The number of nitrogen functional groups attached to an aromatic ring is 1. The van der Waals surface area contributed by atoms with Crippen molar-refractivity contribution in [3.63, 3.8) is 0 Å². The Kier molecular flexibility index (Phi) is 3.29. The van der Waals surface area contributed by atoms with E-state index in [-0.39, 0.29) is 22.7 Å². The number of ketones is 1. The summed E-state index contributed by atoms with van der Waals surface area (Å²) in [5, 5.41) is 9.14. The van der Waals surface area contributed by atoms with Gasteiger partial charge in [-0.25, -0.2) is 9.78 Å². The summed E-state index contributed by atoms with van der Waals surface area (Å²) in [7, 11) is 0. The quantitative estimate of drug-likeness (QED) is 0.818. The number of carbonyl (C=O) groups is 2. The van der Waals surface area contributed by atoms with Crippen molar-refractivity contribution < 1.29 is 14.7 Å². The van der Waals surface area contributed by atoms with Crippen LogP contribution in [-0.2, 0) is 0 Å². The number of rotatable bonds is 3. The number of benzene rings is 1. The van der Waals surface area contributed by atoms with E-state index in [2.05, 4.69) is 4.98 Å². The third-order valence-electron chi connectivity index (χ3n) is 2.83. The molecular formula is C14H12N2O3. The number of anilines is 1. The average Bonchev–Trinajstić information content (AvgIpc) is 2.37. The molecule has 0 radical (unpaired) electrons. The zero-order valence-electron chi connectivity index (χ0n) is 10.3. The molecule has 5 heteroatoms. The van der Waals surface area contributed by atoms with Gasteiger partial charge in [-0.1, -0.05) is 24.3 Å². The maximum Gasteiger partial charge on any atom is 0.340 e. The Morgan fingerprint density at radius 2 is 1.84 bits per heavy atom. The smallest absolute Gasteiger partial charge is 0.340 e. The predicted molar refractivity (Wildman–Crippen MR) is 70.2 cm³/mol. The highest BCUT2D eigenvalue weighted by Gasteiger charge is 2.21. The molecule has 1 aromatic carbocycles. The van der Waals surface area contributed by atoms with Gasteiger partial charge in [-0.05, 0) is 18.6 Å². The molecule has 0 aliphatic heterocycles. The summed E-state index contributed by atoms with van der Waals surface area (Å²) < 4.78 is 0. The normalized spacial score (nSPS) is 10.2. The molecular weight excluding hydrogens is 244 g/mol. The van der Waals surface area contributed by atoms with Crippen LogP contribution >= 0.6 is 0 Å². The lowest BCUT2D eigenvalue weighted by Crippen LogP contribution is -2.14. The van der Waals surface area contributed by atoms with Gasteiger partial charge in [0.1, 0.15) is 11.4 Å². The van der Waals surface area contributed by atoms with Gasteiger partial charge in [0.05, 0.1) is 0 Å². The molecule has 0 fully saturated rings. The number of carbonyl (C=O) groups excluding carboxylic acids is 1. The molecule has 0 amide bonds. The molecule has 0 saturated heterocycles. The van der Waals surface area contributed by atoms with Gasteiger partial charge in [-0.2, -0.15) is 0 Å². The Hall–Kier alpha value is -2.69. The van der Waals surface area contributed by atoms with Crippen molar-refractivity contribution >= 4 is 17.6 Å². The van der Waals surface area contributed by atoms with Gasteiger partial charge in [0, 0.05) is 17.3 Å². The molecule has 1 heterocycles. The van der Waals surface area contributed by atoms with Crippen molar-refractivity contribution in [3.05, 3.63) is 58.8 Å².